The van der Waals surface area contributed by atoms with Crippen molar-refractivity contribution in [3.63, 3.8) is 0 Å². The van der Waals surface area contributed by atoms with E-state index in [1.165, 1.54) is 11.0 Å². The molecule has 1 aromatic carbocycles. The van der Waals surface area contributed by atoms with Gasteiger partial charge in [-0.05, 0) is 49.1 Å². The summed E-state index contributed by atoms with van der Waals surface area (Å²) in [6, 6.07) is 4.67. The fourth-order valence-electron chi connectivity index (χ4n) is 3.50. The van der Waals surface area contributed by atoms with Crippen LogP contribution in [-0.4, -0.2) is 35.9 Å². The number of ether oxygens (including phenoxy) is 1. The summed E-state index contributed by atoms with van der Waals surface area (Å²) in [5, 5.41) is 2.30. The second-order valence-electron chi connectivity index (χ2n) is 6.51. The van der Waals surface area contributed by atoms with Gasteiger partial charge < -0.3 is 4.74 Å². The van der Waals surface area contributed by atoms with Gasteiger partial charge in [-0.25, -0.2) is 4.79 Å². The minimum atomic E-state index is -0.643. The third-order valence-electron chi connectivity index (χ3n) is 4.80. The average Bonchev–Trinajstić information content (AvgIpc) is 2.59. The molecule has 0 aromatic heterocycles. The molecule has 1 heterocycles. The van der Waals surface area contributed by atoms with Crippen molar-refractivity contribution in [3.8, 4) is 5.75 Å². The summed E-state index contributed by atoms with van der Waals surface area (Å²) in [4.78, 5) is 38.4. The van der Waals surface area contributed by atoms with Crippen LogP contribution in [0, 0.1) is 6.92 Å². The molecular formula is C19H22N2O4. The number of hydrogen-bond donors (Lipinski definition) is 1. The molecule has 132 valence electrons. The summed E-state index contributed by atoms with van der Waals surface area (Å²) in [5.74, 6) is -0.412. The molecule has 4 amide bonds. The third kappa shape index (κ3) is 3.43. The summed E-state index contributed by atoms with van der Waals surface area (Å²) in [6.07, 6.45) is 6.22. The number of aryl methyl sites for hydroxylation is 1. The molecule has 0 unspecified atom stereocenters. The smallest absolute Gasteiger partial charge is 0.331 e. The van der Waals surface area contributed by atoms with Crippen LogP contribution in [0.2, 0.25) is 0 Å². The number of nitrogens with one attached hydrogen (secondary N) is 1. The Labute approximate surface area is 146 Å². The molecule has 6 nitrogen and oxygen atoms in total. The van der Waals surface area contributed by atoms with Gasteiger partial charge in [-0.2, -0.15) is 0 Å². The SMILES string of the molecule is COc1ccc(/C=C2/C(=O)NC(=O)N(C3CCCCC3)C2=O)cc1C. The Morgan fingerprint density at radius 1 is 1.16 bits per heavy atom. The Morgan fingerprint density at radius 3 is 2.52 bits per heavy atom. The van der Waals surface area contributed by atoms with E-state index in [0.29, 0.717) is 0 Å². The van der Waals surface area contributed by atoms with Crippen LogP contribution in [0.15, 0.2) is 23.8 Å². The Hall–Kier alpha value is -2.63. The van der Waals surface area contributed by atoms with Gasteiger partial charge in [-0.1, -0.05) is 25.3 Å². The van der Waals surface area contributed by atoms with Crippen LogP contribution in [0.25, 0.3) is 6.08 Å². The van der Waals surface area contributed by atoms with E-state index in [1.807, 2.05) is 13.0 Å². The van der Waals surface area contributed by atoms with E-state index >= 15 is 0 Å². The van der Waals surface area contributed by atoms with Gasteiger partial charge in [0.2, 0.25) is 0 Å². The van der Waals surface area contributed by atoms with E-state index < -0.39 is 17.8 Å². The highest BCUT2D eigenvalue weighted by atomic mass is 16.5. The average molecular weight is 342 g/mol. The summed E-state index contributed by atoms with van der Waals surface area (Å²) in [6.45, 7) is 1.89. The molecule has 0 radical (unpaired) electrons. The first-order valence-corrected chi connectivity index (χ1v) is 8.56. The van der Waals surface area contributed by atoms with Crippen molar-refractivity contribution in [1.82, 2.24) is 10.2 Å². The second-order valence-corrected chi connectivity index (χ2v) is 6.51. The highest BCUT2D eigenvalue weighted by molar-refractivity contribution is 6.31. The van der Waals surface area contributed by atoms with E-state index in [1.54, 1.807) is 19.2 Å². The van der Waals surface area contributed by atoms with Crippen LogP contribution in [0.1, 0.15) is 43.2 Å². The first-order valence-electron chi connectivity index (χ1n) is 8.56. The molecule has 1 aromatic rings. The van der Waals surface area contributed by atoms with Gasteiger partial charge in [0, 0.05) is 6.04 Å². The molecule has 0 atom stereocenters. The quantitative estimate of drug-likeness (QED) is 0.677. The van der Waals surface area contributed by atoms with Gasteiger partial charge in [0.05, 0.1) is 7.11 Å². The molecule has 1 saturated carbocycles. The zero-order valence-corrected chi connectivity index (χ0v) is 14.5. The van der Waals surface area contributed by atoms with E-state index in [-0.39, 0.29) is 11.6 Å². The van der Waals surface area contributed by atoms with Crippen molar-refractivity contribution >= 4 is 23.9 Å². The van der Waals surface area contributed by atoms with Crippen LogP contribution in [0.4, 0.5) is 4.79 Å². The number of amides is 4. The van der Waals surface area contributed by atoms with Crippen molar-refractivity contribution in [1.29, 1.82) is 0 Å². The Kier molecular flexibility index (Phi) is 4.88. The number of benzene rings is 1. The highest BCUT2D eigenvalue weighted by Crippen LogP contribution is 2.27. The minimum Gasteiger partial charge on any atom is -0.496 e. The number of imide groups is 2. The molecule has 1 N–H and O–H groups in total. The lowest BCUT2D eigenvalue weighted by atomic mass is 9.93. The van der Waals surface area contributed by atoms with Crippen molar-refractivity contribution in [3.05, 3.63) is 34.9 Å². The maximum absolute atomic E-state index is 12.8. The molecule has 1 saturated heterocycles. The molecule has 3 rings (SSSR count). The first kappa shape index (κ1) is 17.2. The second kappa shape index (κ2) is 7.09. The summed E-state index contributed by atoms with van der Waals surface area (Å²) in [7, 11) is 1.59. The molecule has 0 spiro atoms. The van der Waals surface area contributed by atoms with Crippen LogP contribution in [0.5, 0.6) is 5.75 Å². The fraction of sp³-hybridized carbons (Fsp3) is 0.421. The van der Waals surface area contributed by atoms with Crippen LogP contribution < -0.4 is 10.1 Å². The minimum absolute atomic E-state index is 0.00487. The van der Waals surface area contributed by atoms with Gasteiger partial charge >= 0.3 is 6.03 Å². The number of rotatable bonds is 3. The maximum atomic E-state index is 12.8. The van der Waals surface area contributed by atoms with Crippen molar-refractivity contribution < 1.29 is 19.1 Å². The molecule has 25 heavy (non-hydrogen) atoms. The highest BCUT2D eigenvalue weighted by Gasteiger charge is 2.40. The zero-order chi connectivity index (χ0) is 18.0. The summed E-state index contributed by atoms with van der Waals surface area (Å²) >= 11 is 0. The van der Waals surface area contributed by atoms with Gasteiger partial charge in [-0.15, -0.1) is 0 Å². The third-order valence-corrected chi connectivity index (χ3v) is 4.80. The molecule has 0 bridgehead atoms. The summed E-state index contributed by atoms with van der Waals surface area (Å²) in [5.41, 5.74) is 1.62. The number of hydrogen-bond acceptors (Lipinski definition) is 4. The van der Waals surface area contributed by atoms with E-state index in [2.05, 4.69) is 5.32 Å². The number of carbonyl (C=O) groups excluding carboxylic acids is 3. The van der Waals surface area contributed by atoms with Crippen LogP contribution in [-0.2, 0) is 9.59 Å². The van der Waals surface area contributed by atoms with Gasteiger partial charge in [-0.3, -0.25) is 19.8 Å². The number of methoxy groups -OCH3 is 1. The predicted octanol–water partition coefficient (Wildman–Crippen LogP) is 2.80. The first-order chi connectivity index (χ1) is 12.0. The standard InChI is InChI=1S/C19H22N2O4/c1-12-10-13(8-9-16(12)25-2)11-15-17(22)20-19(24)21(18(15)23)14-6-4-3-5-7-14/h8-11,14H,3-7H2,1-2H3,(H,20,22,24)/b15-11-. The number of barbiturate groups is 1. The Balaban J connectivity index is 1.91. The normalized spacial score (nSPS) is 20.8. The lowest BCUT2D eigenvalue weighted by Crippen LogP contribution is -2.58. The molecular weight excluding hydrogens is 320 g/mol. The van der Waals surface area contributed by atoms with Crippen molar-refractivity contribution in [2.45, 2.75) is 45.1 Å². The topological polar surface area (TPSA) is 75.7 Å². The molecule has 1 aliphatic heterocycles. The summed E-state index contributed by atoms with van der Waals surface area (Å²) < 4.78 is 5.22. The van der Waals surface area contributed by atoms with Crippen LogP contribution in [0.3, 0.4) is 0 Å². The Morgan fingerprint density at radius 2 is 1.88 bits per heavy atom. The number of carbonyl (C=O) groups is 3. The Bertz CT molecular complexity index is 748. The van der Waals surface area contributed by atoms with E-state index in [9.17, 15) is 14.4 Å². The van der Waals surface area contributed by atoms with Gasteiger partial charge in [0.1, 0.15) is 11.3 Å². The van der Waals surface area contributed by atoms with Crippen molar-refractivity contribution in [2.24, 2.45) is 0 Å². The maximum Gasteiger partial charge on any atom is 0.331 e. The predicted molar refractivity (Wildman–Crippen MR) is 93.0 cm³/mol. The number of nitrogens with zero attached hydrogens (tertiary/aromatic N) is 1. The van der Waals surface area contributed by atoms with E-state index in [4.69, 9.17) is 4.74 Å². The van der Waals surface area contributed by atoms with E-state index in [0.717, 1.165) is 49.0 Å². The number of urea groups is 1. The largest absolute Gasteiger partial charge is 0.496 e. The molecule has 2 fully saturated rings. The molecule has 1 aliphatic carbocycles. The monoisotopic (exact) mass is 342 g/mol. The lowest BCUT2D eigenvalue weighted by Gasteiger charge is -2.35. The van der Waals surface area contributed by atoms with Gasteiger partial charge in [0.25, 0.3) is 11.8 Å². The van der Waals surface area contributed by atoms with Gasteiger partial charge in [0.15, 0.2) is 0 Å². The molecule has 2 aliphatic rings. The molecule has 6 heteroatoms. The van der Waals surface area contributed by atoms with Crippen LogP contribution >= 0.6 is 0 Å². The lowest BCUT2D eigenvalue weighted by molar-refractivity contribution is -0.132. The fourth-order valence-corrected chi connectivity index (χ4v) is 3.50. The van der Waals surface area contributed by atoms with Crippen molar-refractivity contribution in [2.75, 3.05) is 7.11 Å². The zero-order valence-electron chi connectivity index (χ0n) is 14.5.